The summed E-state index contributed by atoms with van der Waals surface area (Å²) in [4.78, 5) is 18.8. The van der Waals surface area contributed by atoms with Gasteiger partial charge in [-0.3, -0.25) is 4.90 Å². The zero-order valence-corrected chi connectivity index (χ0v) is 21.1. The number of hydrogen-bond acceptors (Lipinski definition) is 4. The number of carbonyl (C=O) groups is 1. The van der Waals surface area contributed by atoms with Crippen LogP contribution < -0.4 is 16.0 Å². The van der Waals surface area contributed by atoms with Gasteiger partial charge in [-0.15, -0.1) is 24.0 Å². The van der Waals surface area contributed by atoms with E-state index >= 15 is 0 Å². The van der Waals surface area contributed by atoms with E-state index in [1.807, 2.05) is 27.7 Å². The van der Waals surface area contributed by atoms with Crippen molar-refractivity contribution in [2.45, 2.75) is 59.2 Å². The molecular weight excluding hydrogens is 493 g/mol. The third-order valence-corrected chi connectivity index (χ3v) is 4.48. The van der Waals surface area contributed by atoms with Crippen LogP contribution in [0.15, 0.2) is 29.3 Å². The minimum absolute atomic E-state index is 0. The van der Waals surface area contributed by atoms with Crippen molar-refractivity contribution in [2.24, 2.45) is 4.99 Å². The normalized spacial score (nSPS) is 14.7. The highest BCUT2D eigenvalue weighted by Crippen LogP contribution is 2.13. The number of carbonyl (C=O) groups excluding carboxylic acids is 1. The lowest BCUT2D eigenvalue weighted by atomic mass is 10.1. The van der Waals surface area contributed by atoms with Gasteiger partial charge in [0, 0.05) is 26.2 Å². The summed E-state index contributed by atoms with van der Waals surface area (Å²) >= 11 is 0. The van der Waals surface area contributed by atoms with Crippen LogP contribution in [-0.4, -0.2) is 55.3 Å². The van der Waals surface area contributed by atoms with Crippen LogP contribution in [0.3, 0.4) is 0 Å². The van der Waals surface area contributed by atoms with Crippen LogP contribution in [0.25, 0.3) is 0 Å². The van der Waals surface area contributed by atoms with Crippen LogP contribution in [0.1, 0.15) is 51.7 Å². The molecule has 1 aliphatic rings. The average Bonchev–Trinajstić information content (AvgIpc) is 3.16. The number of halogens is 1. The van der Waals surface area contributed by atoms with Crippen molar-refractivity contribution in [3.63, 3.8) is 0 Å². The molecule has 1 amide bonds. The number of likely N-dealkylation sites (tertiary alicyclic amines) is 1. The first-order valence-corrected chi connectivity index (χ1v) is 10.6. The zero-order chi connectivity index (χ0) is 21.1. The molecule has 8 heteroatoms. The molecule has 1 fully saturated rings. The molecule has 1 aromatic rings. The van der Waals surface area contributed by atoms with Gasteiger partial charge in [0.25, 0.3) is 0 Å². The molecule has 0 aromatic heterocycles. The van der Waals surface area contributed by atoms with Gasteiger partial charge in [-0.25, -0.2) is 9.79 Å². The SMILES string of the molecule is CCNC(=NCc1ccc(CN2CCCC2)cc1)NCCNC(=O)OC(C)(C)C.I. The van der Waals surface area contributed by atoms with E-state index in [0.29, 0.717) is 19.6 Å². The van der Waals surface area contributed by atoms with Crippen LogP contribution in [0.4, 0.5) is 4.79 Å². The number of ether oxygens (including phenoxy) is 1. The Morgan fingerprint density at radius 1 is 1.03 bits per heavy atom. The average molecular weight is 531 g/mol. The lowest BCUT2D eigenvalue weighted by molar-refractivity contribution is 0.0529. The molecule has 1 heterocycles. The summed E-state index contributed by atoms with van der Waals surface area (Å²) < 4.78 is 5.22. The molecule has 2 rings (SSSR count). The highest BCUT2D eigenvalue weighted by atomic mass is 127. The first-order valence-electron chi connectivity index (χ1n) is 10.6. The topological polar surface area (TPSA) is 78.0 Å². The van der Waals surface area contributed by atoms with E-state index in [9.17, 15) is 4.79 Å². The van der Waals surface area contributed by atoms with E-state index in [2.05, 4.69) is 50.1 Å². The van der Waals surface area contributed by atoms with Gasteiger partial charge in [-0.2, -0.15) is 0 Å². The number of amides is 1. The molecule has 1 aliphatic heterocycles. The van der Waals surface area contributed by atoms with Crippen molar-refractivity contribution in [1.82, 2.24) is 20.9 Å². The molecule has 30 heavy (non-hydrogen) atoms. The number of benzene rings is 1. The summed E-state index contributed by atoms with van der Waals surface area (Å²) in [5.41, 5.74) is 2.05. The number of nitrogens with one attached hydrogen (secondary N) is 3. The van der Waals surface area contributed by atoms with Crippen molar-refractivity contribution in [3.8, 4) is 0 Å². The lowest BCUT2D eigenvalue weighted by Crippen LogP contribution is -2.42. The molecular formula is C22H38IN5O2. The van der Waals surface area contributed by atoms with E-state index < -0.39 is 11.7 Å². The summed E-state index contributed by atoms with van der Waals surface area (Å²) in [7, 11) is 0. The van der Waals surface area contributed by atoms with E-state index in [1.54, 1.807) is 0 Å². The number of aliphatic imine (C=N–C) groups is 1. The maximum atomic E-state index is 11.7. The quantitative estimate of drug-likeness (QED) is 0.207. The number of guanidine groups is 1. The fraction of sp³-hybridized carbons (Fsp3) is 0.636. The molecule has 0 atom stereocenters. The highest BCUT2D eigenvalue weighted by molar-refractivity contribution is 14.0. The van der Waals surface area contributed by atoms with E-state index in [4.69, 9.17) is 4.74 Å². The van der Waals surface area contributed by atoms with Gasteiger partial charge in [0.2, 0.25) is 0 Å². The Hall–Kier alpha value is -1.55. The molecule has 0 aliphatic carbocycles. The molecule has 0 unspecified atom stereocenters. The minimum Gasteiger partial charge on any atom is -0.444 e. The smallest absolute Gasteiger partial charge is 0.407 e. The second-order valence-corrected chi connectivity index (χ2v) is 8.35. The van der Waals surface area contributed by atoms with Gasteiger partial charge in [0.15, 0.2) is 5.96 Å². The molecule has 0 radical (unpaired) electrons. The standard InChI is InChI=1S/C22H37N5O2.HI/c1-5-23-20(24-12-13-25-21(28)29-22(2,3)4)26-16-18-8-10-19(11-9-18)17-27-14-6-7-15-27;/h8-11H,5-7,12-17H2,1-4H3,(H,25,28)(H2,23,24,26);1H. The van der Waals surface area contributed by atoms with Gasteiger partial charge in [0.05, 0.1) is 6.54 Å². The first-order chi connectivity index (χ1) is 13.9. The van der Waals surface area contributed by atoms with Crippen LogP contribution in [0, 0.1) is 0 Å². The van der Waals surface area contributed by atoms with Crippen LogP contribution >= 0.6 is 24.0 Å². The Labute approximate surface area is 198 Å². The summed E-state index contributed by atoms with van der Waals surface area (Å²) in [6, 6.07) is 8.72. The predicted octanol–water partition coefficient (Wildman–Crippen LogP) is 3.48. The number of alkyl carbamates (subject to hydrolysis) is 1. The van der Waals surface area contributed by atoms with Crippen LogP contribution in [0.5, 0.6) is 0 Å². The summed E-state index contributed by atoms with van der Waals surface area (Å²) in [5.74, 6) is 0.736. The first kappa shape index (κ1) is 26.5. The summed E-state index contributed by atoms with van der Waals surface area (Å²) in [6.45, 7) is 13.5. The van der Waals surface area contributed by atoms with Crippen LogP contribution in [-0.2, 0) is 17.8 Å². The maximum absolute atomic E-state index is 11.7. The molecule has 3 N–H and O–H groups in total. The molecule has 1 saturated heterocycles. The van der Waals surface area contributed by atoms with Gasteiger partial charge in [-0.05, 0) is 64.8 Å². The van der Waals surface area contributed by atoms with Crippen molar-refractivity contribution in [1.29, 1.82) is 0 Å². The van der Waals surface area contributed by atoms with Crippen molar-refractivity contribution in [2.75, 3.05) is 32.7 Å². The lowest BCUT2D eigenvalue weighted by Gasteiger charge is -2.20. The number of rotatable bonds is 8. The van der Waals surface area contributed by atoms with Gasteiger partial charge in [-0.1, -0.05) is 24.3 Å². The van der Waals surface area contributed by atoms with E-state index in [1.165, 1.54) is 37.1 Å². The van der Waals surface area contributed by atoms with E-state index in [-0.39, 0.29) is 24.0 Å². The van der Waals surface area contributed by atoms with Gasteiger partial charge in [0.1, 0.15) is 5.60 Å². The molecule has 1 aromatic carbocycles. The van der Waals surface area contributed by atoms with Crippen molar-refractivity contribution < 1.29 is 9.53 Å². The van der Waals surface area contributed by atoms with E-state index in [0.717, 1.165) is 19.0 Å². The largest absolute Gasteiger partial charge is 0.444 e. The maximum Gasteiger partial charge on any atom is 0.407 e. The fourth-order valence-corrected chi connectivity index (χ4v) is 3.12. The number of hydrogen-bond donors (Lipinski definition) is 3. The monoisotopic (exact) mass is 531 g/mol. The number of nitrogens with zero attached hydrogens (tertiary/aromatic N) is 2. The molecule has 0 bridgehead atoms. The van der Waals surface area contributed by atoms with Gasteiger partial charge < -0.3 is 20.7 Å². The van der Waals surface area contributed by atoms with Crippen molar-refractivity contribution >= 4 is 36.0 Å². The third-order valence-electron chi connectivity index (χ3n) is 4.48. The Morgan fingerprint density at radius 3 is 2.23 bits per heavy atom. The molecule has 0 saturated carbocycles. The fourth-order valence-electron chi connectivity index (χ4n) is 3.12. The molecule has 0 spiro atoms. The third kappa shape index (κ3) is 11.0. The van der Waals surface area contributed by atoms with Crippen molar-refractivity contribution in [3.05, 3.63) is 35.4 Å². The molecule has 7 nitrogen and oxygen atoms in total. The van der Waals surface area contributed by atoms with Gasteiger partial charge >= 0.3 is 6.09 Å². The summed E-state index contributed by atoms with van der Waals surface area (Å²) in [5, 5.41) is 9.19. The minimum atomic E-state index is -0.488. The highest BCUT2D eigenvalue weighted by Gasteiger charge is 2.15. The Morgan fingerprint density at radius 2 is 1.63 bits per heavy atom. The Kier molecular flexibility index (Phi) is 12.1. The summed E-state index contributed by atoms with van der Waals surface area (Å²) in [6.07, 6.45) is 2.23. The predicted molar refractivity (Wildman–Crippen MR) is 133 cm³/mol. The van der Waals surface area contributed by atoms with Crippen LogP contribution in [0.2, 0.25) is 0 Å². The Bertz CT molecular complexity index is 652. The second kappa shape index (κ2) is 13.7. The zero-order valence-electron chi connectivity index (χ0n) is 18.8. The second-order valence-electron chi connectivity index (χ2n) is 8.35. The Balaban J connectivity index is 0.00000450. The molecule has 170 valence electrons.